The highest BCUT2D eigenvalue weighted by Crippen LogP contribution is 2.36. The van der Waals surface area contributed by atoms with Crippen LogP contribution in [-0.4, -0.2) is 39.1 Å². The van der Waals surface area contributed by atoms with Crippen LogP contribution in [0.4, 0.5) is 5.69 Å². The van der Waals surface area contributed by atoms with Crippen LogP contribution in [0, 0.1) is 0 Å². The van der Waals surface area contributed by atoms with E-state index >= 15 is 0 Å². The third-order valence-electron chi connectivity index (χ3n) is 4.95. The number of fused-ring (bicyclic) bond motifs is 1. The largest absolute Gasteiger partial charge is 0.485 e. The maximum Gasteiger partial charge on any atom is 0.240 e. The van der Waals surface area contributed by atoms with Crippen molar-refractivity contribution in [2.24, 2.45) is 7.05 Å². The van der Waals surface area contributed by atoms with Gasteiger partial charge in [-0.2, -0.15) is 0 Å². The average molecular weight is 425 g/mol. The number of ether oxygens (including phenoxy) is 2. The van der Waals surface area contributed by atoms with Crippen LogP contribution in [-0.2, 0) is 11.8 Å². The molecule has 0 fully saturated rings. The van der Waals surface area contributed by atoms with Crippen molar-refractivity contribution in [1.82, 2.24) is 14.8 Å². The van der Waals surface area contributed by atoms with Gasteiger partial charge in [0.15, 0.2) is 28.6 Å². The first-order chi connectivity index (χ1) is 14.6. The highest BCUT2D eigenvalue weighted by atomic mass is 32.2. The Morgan fingerprint density at radius 1 is 1.17 bits per heavy atom. The van der Waals surface area contributed by atoms with Crippen LogP contribution in [0.15, 0.2) is 59.8 Å². The molecule has 2 heterocycles. The lowest BCUT2D eigenvalue weighted by molar-refractivity contribution is -0.117. The Labute approximate surface area is 180 Å². The van der Waals surface area contributed by atoms with Crippen molar-refractivity contribution in [1.29, 1.82) is 0 Å². The van der Waals surface area contributed by atoms with Gasteiger partial charge in [-0.3, -0.25) is 4.79 Å². The molecule has 3 aromatic rings. The lowest BCUT2D eigenvalue weighted by atomic mass is 10.2. The first-order valence-electron chi connectivity index (χ1n) is 9.89. The molecule has 1 amide bonds. The number of amides is 1. The Morgan fingerprint density at radius 3 is 2.60 bits per heavy atom. The number of anilines is 1. The summed E-state index contributed by atoms with van der Waals surface area (Å²) >= 11 is 1.39. The van der Waals surface area contributed by atoms with Crippen LogP contribution in [0.1, 0.15) is 25.8 Å². The summed E-state index contributed by atoms with van der Waals surface area (Å²) in [5, 5.41) is 8.96. The minimum atomic E-state index is -0.353. The van der Waals surface area contributed by atoms with Gasteiger partial charge in [-0.1, -0.05) is 42.1 Å². The zero-order chi connectivity index (χ0) is 21.1. The third-order valence-corrected chi connectivity index (χ3v) is 6.07. The minimum Gasteiger partial charge on any atom is -0.485 e. The van der Waals surface area contributed by atoms with Gasteiger partial charge >= 0.3 is 0 Å². The predicted octanol–water partition coefficient (Wildman–Crippen LogP) is 3.86. The summed E-state index contributed by atoms with van der Waals surface area (Å²) in [5.74, 6) is 2.12. The molecule has 2 aromatic carbocycles. The molecule has 7 nitrogen and oxygen atoms in total. The van der Waals surface area contributed by atoms with Crippen molar-refractivity contribution in [3.05, 3.63) is 60.4 Å². The second kappa shape index (κ2) is 8.79. The van der Waals surface area contributed by atoms with Crippen LogP contribution >= 0.6 is 11.8 Å². The normalized spacial score (nSPS) is 16.2. The molecule has 0 radical (unpaired) electrons. The number of aromatic nitrogens is 3. The third kappa shape index (κ3) is 4.00. The standard InChI is InChI=1S/C22H24N4O3S/c1-4-26(16-10-6-5-7-11-16)21(27)15(2)30-22-24-23-20(25(22)3)19-14-28-17-12-8-9-13-18(17)29-19/h5-13,15,19H,4,14H2,1-3H3. The molecule has 0 bridgehead atoms. The molecule has 30 heavy (non-hydrogen) atoms. The molecule has 0 aliphatic carbocycles. The molecular weight excluding hydrogens is 400 g/mol. The fourth-order valence-electron chi connectivity index (χ4n) is 3.36. The van der Waals surface area contributed by atoms with Crippen molar-refractivity contribution in [3.63, 3.8) is 0 Å². The molecule has 4 rings (SSSR count). The van der Waals surface area contributed by atoms with E-state index < -0.39 is 0 Å². The highest BCUT2D eigenvalue weighted by molar-refractivity contribution is 8.00. The van der Waals surface area contributed by atoms with Crippen LogP contribution in [0.5, 0.6) is 11.5 Å². The minimum absolute atomic E-state index is 0.0319. The number of carbonyl (C=O) groups excluding carboxylic acids is 1. The predicted molar refractivity (Wildman–Crippen MR) is 116 cm³/mol. The van der Waals surface area contributed by atoms with Crippen LogP contribution in [0.3, 0.4) is 0 Å². The molecule has 0 N–H and O–H groups in total. The van der Waals surface area contributed by atoms with E-state index in [4.69, 9.17) is 9.47 Å². The molecule has 156 valence electrons. The first kappa shape index (κ1) is 20.3. The summed E-state index contributed by atoms with van der Waals surface area (Å²) in [7, 11) is 1.88. The average Bonchev–Trinajstić information content (AvgIpc) is 3.14. The molecule has 1 aliphatic heterocycles. The molecular formula is C22H24N4O3S. The van der Waals surface area contributed by atoms with E-state index in [2.05, 4.69) is 10.2 Å². The second-order valence-corrected chi connectivity index (χ2v) is 8.25. The van der Waals surface area contributed by atoms with Gasteiger partial charge in [0, 0.05) is 19.3 Å². The molecule has 0 saturated carbocycles. The quantitative estimate of drug-likeness (QED) is 0.560. The van der Waals surface area contributed by atoms with Crippen LogP contribution in [0.25, 0.3) is 0 Å². The van der Waals surface area contributed by atoms with Crippen molar-refractivity contribution < 1.29 is 14.3 Å². The van der Waals surface area contributed by atoms with Gasteiger partial charge < -0.3 is 18.9 Å². The number of hydrogen-bond acceptors (Lipinski definition) is 6. The molecule has 1 aromatic heterocycles. The van der Waals surface area contributed by atoms with Crippen molar-refractivity contribution in [2.75, 3.05) is 18.1 Å². The van der Waals surface area contributed by atoms with Gasteiger partial charge in [-0.25, -0.2) is 0 Å². The number of nitrogens with zero attached hydrogens (tertiary/aromatic N) is 4. The van der Waals surface area contributed by atoms with Crippen molar-refractivity contribution >= 4 is 23.4 Å². The number of rotatable bonds is 6. The van der Waals surface area contributed by atoms with E-state index in [1.165, 1.54) is 11.8 Å². The van der Waals surface area contributed by atoms with Gasteiger partial charge in [0.1, 0.15) is 6.61 Å². The lowest BCUT2D eigenvalue weighted by Gasteiger charge is -2.26. The van der Waals surface area contributed by atoms with Gasteiger partial charge in [-0.05, 0) is 38.1 Å². The SMILES string of the molecule is CCN(C(=O)C(C)Sc1nnc(C2COc3ccccc3O2)n1C)c1ccccc1. The number of benzene rings is 2. The zero-order valence-corrected chi connectivity index (χ0v) is 18.0. The number of carbonyl (C=O) groups is 1. The smallest absolute Gasteiger partial charge is 0.240 e. The molecule has 0 saturated heterocycles. The Hall–Kier alpha value is -3.00. The van der Waals surface area contributed by atoms with Gasteiger partial charge in [0.2, 0.25) is 5.91 Å². The fraction of sp³-hybridized carbons (Fsp3) is 0.318. The number of para-hydroxylation sites is 3. The van der Waals surface area contributed by atoms with Gasteiger partial charge in [0.05, 0.1) is 5.25 Å². The summed E-state index contributed by atoms with van der Waals surface area (Å²) in [4.78, 5) is 14.8. The summed E-state index contributed by atoms with van der Waals surface area (Å²) in [5.41, 5.74) is 0.891. The molecule has 2 atom stereocenters. The van der Waals surface area contributed by atoms with Crippen molar-refractivity contribution in [2.45, 2.75) is 30.4 Å². The van der Waals surface area contributed by atoms with Crippen LogP contribution in [0.2, 0.25) is 0 Å². The molecule has 8 heteroatoms. The number of hydrogen-bond donors (Lipinski definition) is 0. The van der Waals surface area contributed by atoms with Gasteiger partial charge in [0.25, 0.3) is 0 Å². The Kier molecular flexibility index (Phi) is 5.94. The highest BCUT2D eigenvalue weighted by Gasteiger charge is 2.29. The van der Waals surface area contributed by atoms with E-state index in [1.807, 2.05) is 80.1 Å². The number of thioether (sulfide) groups is 1. The maximum absolute atomic E-state index is 13.0. The summed E-state index contributed by atoms with van der Waals surface area (Å²) in [6, 6.07) is 17.3. The summed E-state index contributed by atoms with van der Waals surface area (Å²) in [6.07, 6.45) is -0.353. The zero-order valence-electron chi connectivity index (χ0n) is 17.2. The Balaban J connectivity index is 1.47. The maximum atomic E-state index is 13.0. The van der Waals surface area contributed by atoms with E-state index in [-0.39, 0.29) is 17.3 Å². The molecule has 1 aliphatic rings. The summed E-state index contributed by atoms with van der Waals surface area (Å²) in [6.45, 7) is 4.83. The first-order valence-corrected chi connectivity index (χ1v) is 10.8. The molecule has 0 spiro atoms. The Bertz CT molecular complexity index is 1020. The van der Waals surface area contributed by atoms with Gasteiger partial charge in [-0.15, -0.1) is 10.2 Å². The Morgan fingerprint density at radius 2 is 1.87 bits per heavy atom. The topological polar surface area (TPSA) is 69.5 Å². The van der Waals surface area contributed by atoms with E-state index in [0.29, 0.717) is 29.9 Å². The van der Waals surface area contributed by atoms with Crippen molar-refractivity contribution in [3.8, 4) is 11.5 Å². The second-order valence-electron chi connectivity index (χ2n) is 6.94. The van der Waals surface area contributed by atoms with E-state index in [9.17, 15) is 4.79 Å². The summed E-state index contributed by atoms with van der Waals surface area (Å²) < 4.78 is 13.7. The fourth-order valence-corrected chi connectivity index (χ4v) is 4.24. The lowest BCUT2D eigenvalue weighted by Crippen LogP contribution is -2.36. The van der Waals surface area contributed by atoms with Crippen LogP contribution < -0.4 is 14.4 Å². The van der Waals surface area contributed by atoms with E-state index in [0.717, 1.165) is 11.4 Å². The molecule has 2 unspecified atom stereocenters. The van der Waals surface area contributed by atoms with E-state index in [1.54, 1.807) is 4.90 Å². The monoisotopic (exact) mass is 424 g/mol.